The summed E-state index contributed by atoms with van der Waals surface area (Å²) in [4.78, 5) is 0. The molecular weight excluding hydrogens is 242 g/mol. The molecule has 0 aromatic heterocycles. The Morgan fingerprint density at radius 3 is 2.25 bits per heavy atom. The predicted octanol–water partition coefficient (Wildman–Crippen LogP) is 4.61. The molecule has 0 aliphatic rings. The molecule has 0 bridgehead atoms. The number of hydrogen-bond donors (Lipinski definition) is 1. The molecule has 0 saturated heterocycles. The van der Waals surface area contributed by atoms with Gasteiger partial charge in [-0.05, 0) is 35.1 Å². The largest absolute Gasteiger partial charge is 0.323 e. The van der Waals surface area contributed by atoms with Gasteiger partial charge in [0.15, 0.2) is 0 Å². The maximum atomic E-state index is 6.57. The van der Waals surface area contributed by atoms with Gasteiger partial charge in [0, 0.05) is 12.0 Å². The molecule has 0 aliphatic heterocycles. The van der Waals surface area contributed by atoms with E-state index in [1.54, 1.807) is 0 Å². The van der Waals surface area contributed by atoms with Gasteiger partial charge in [-0.1, -0.05) is 69.3 Å². The van der Waals surface area contributed by atoms with Crippen molar-refractivity contribution in [2.45, 2.75) is 45.6 Å². The molecule has 2 aromatic rings. The van der Waals surface area contributed by atoms with Crippen LogP contribution in [-0.2, 0) is 12.8 Å². The molecule has 0 radical (unpaired) electrons. The van der Waals surface area contributed by atoms with Crippen molar-refractivity contribution in [1.29, 1.82) is 0 Å². The van der Waals surface area contributed by atoms with Crippen LogP contribution in [0.15, 0.2) is 48.5 Å². The third kappa shape index (κ3) is 3.10. The number of nitrogens with two attached hydrogens (primary N) is 1. The summed E-state index contributed by atoms with van der Waals surface area (Å²) < 4.78 is 0. The van der Waals surface area contributed by atoms with Gasteiger partial charge in [0.05, 0.1) is 0 Å². The summed E-state index contributed by atoms with van der Waals surface area (Å²) in [5, 5.41) is 0. The fraction of sp³-hybridized carbons (Fsp3) is 0.368. The van der Waals surface area contributed by atoms with Crippen LogP contribution in [-0.4, -0.2) is 0 Å². The third-order valence-electron chi connectivity index (χ3n) is 4.22. The van der Waals surface area contributed by atoms with Gasteiger partial charge in [-0.25, -0.2) is 0 Å². The molecule has 0 spiro atoms. The first-order chi connectivity index (χ1) is 9.67. The highest BCUT2D eigenvalue weighted by atomic mass is 14.6. The van der Waals surface area contributed by atoms with Crippen LogP contribution in [0.1, 0.15) is 55.0 Å². The Kier molecular flexibility index (Phi) is 4.97. The van der Waals surface area contributed by atoms with Gasteiger partial charge in [0.1, 0.15) is 0 Å². The molecule has 0 amide bonds. The second-order valence-electron chi connectivity index (χ2n) is 5.47. The van der Waals surface area contributed by atoms with Crippen molar-refractivity contribution in [3.8, 4) is 0 Å². The average Bonchev–Trinajstić information content (AvgIpc) is 2.53. The van der Waals surface area contributed by atoms with E-state index in [-0.39, 0.29) is 6.04 Å². The van der Waals surface area contributed by atoms with E-state index in [2.05, 4.69) is 69.3 Å². The standard InChI is InChI=1S/C19H25N/c1-4-15-11-12-16(5-2)18(13-15)19(20)14(3)17-9-7-6-8-10-17/h6-14,19H,4-5,20H2,1-3H3. The zero-order valence-electron chi connectivity index (χ0n) is 12.8. The van der Waals surface area contributed by atoms with Crippen molar-refractivity contribution in [3.05, 3.63) is 70.8 Å². The Balaban J connectivity index is 2.34. The lowest BCUT2D eigenvalue weighted by molar-refractivity contribution is 0.592. The molecule has 0 heterocycles. The van der Waals surface area contributed by atoms with Crippen LogP contribution < -0.4 is 5.73 Å². The van der Waals surface area contributed by atoms with Crippen LogP contribution in [0, 0.1) is 0 Å². The molecule has 20 heavy (non-hydrogen) atoms. The zero-order valence-corrected chi connectivity index (χ0v) is 12.8. The summed E-state index contributed by atoms with van der Waals surface area (Å²) in [6.07, 6.45) is 2.10. The van der Waals surface area contributed by atoms with Crippen molar-refractivity contribution >= 4 is 0 Å². The monoisotopic (exact) mass is 267 g/mol. The number of aryl methyl sites for hydroxylation is 2. The van der Waals surface area contributed by atoms with E-state index >= 15 is 0 Å². The molecule has 2 atom stereocenters. The maximum absolute atomic E-state index is 6.57. The Bertz CT molecular complexity index is 545. The highest BCUT2D eigenvalue weighted by molar-refractivity contribution is 5.37. The minimum atomic E-state index is 0.0545. The first-order valence-electron chi connectivity index (χ1n) is 7.59. The molecule has 2 unspecified atom stereocenters. The molecule has 1 heteroatoms. The molecule has 2 aromatic carbocycles. The average molecular weight is 267 g/mol. The van der Waals surface area contributed by atoms with Crippen LogP contribution >= 0.6 is 0 Å². The number of rotatable bonds is 5. The van der Waals surface area contributed by atoms with E-state index in [0.717, 1.165) is 12.8 Å². The van der Waals surface area contributed by atoms with Crippen LogP contribution in [0.25, 0.3) is 0 Å². The van der Waals surface area contributed by atoms with Crippen molar-refractivity contribution < 1.29 is 0 Å². The molecule has 0 aliphatic carbocycles. The summed E-state index contributed by atoms with van der Waals surface area (Å²) >= 11 is 0. The third-order valence-corrected chi connectivity index (χ3v) is 4.22. The highest BCUT2D eigenvalue weighted by Gasteiger charge is 2.19. The first kappa shape index (κ1) is 14.8. The van der Waals surface area contributed by atoms with Gasteiger partial charge in [-0.3, -0.25) is 0 Å². The predicted molar refractivity (Wildman–Crippen MR) is 87.0 cm³/mol. The summed E-state index contributed by atoms with van der Waals surface area (Å²) in [7, 11) is 0. The van der Waals surface area contributed by atoms with Crippen molar-refractivity contribution in [2.24, 2.45) is 5.73 Å². The Morgan fingerprint density at radius 1 is 0.950 bits per heavy atom. The number of benzene rings is 2. The lowest BCUT2D eigenvalue weighted by Gasteiger charge is -2.24. The van der Waals surface area contributed by atoms with Gasteiger partial charge in [0.25, 0.3) is 0 Å². The molecule has 2 N–H and O–H groups in total. The molecule has 0 saturated carbocycles. The van der Waals surface area contributed by atoms with Crippen molar-refractivity contribution in [1.82, 2.24) is 0 Å². The van der Waals surface area contributed by atoms with Crippen molar-refractivity contribution in [2.75, 3.05) is 0 Å². The summed E-state index contributed by atoms with van der Waals surface area (Å²) in [6.45, 7) is 6.61. The fourth-order valence-electron chi connectivity index (χ4n) is 2.73. The maximum Gasteiger partial charge on any atom is 0.0364 e. The number of hydrogen-bond acceptors (Lipinski definition) is 1. The van der Waals surface area contributed by atoms with Gasteiger partial charge in [0.2, 0.25) is 0 Å². The summed E-state index contributed by atoms with van der Waals surface area (Å²) in [5.41, 5.74) is 11.9. The smallest absolute Gasteiger partial charge is 0.0364 e. The zero-order chi connectivity index (χ0) is 14.5. The normalized spacial score (nSPS) is 14.0. The minimum absolute atomic E-state index is 0.0545. The summed E-state index contributed by atoms with van der Waals surface area (Å²) in [6, 6.07) is 17.4. The molecule has 1 nitrogen and oxygen atoms in total. The lowest BCUT2D eigenvalue weighted by Crippen LogP contribution is -2.19. The second kappa shape index (κ2) is 6.71. The van der Waals surface area contributed by atoms with Crippen LogP contribution in [0.3, 0.4) is 0 Å². The quantitative estimate of drug-likeness (QED) is 0.840. The molecule has 2 rings (SSSR count). The van der Waals surface area contributed by atoms with Gasteiger partial charge in [-0.15, -0.1) is 0 Å². The Morgan fingerprint density at radius 2 is 1.65 bits per heavy atom. The van der Waals surface area contributed by atoms with Gasteiger partial charge < -0.3 is 5.73 Å². The van der Waals surface area contributed by atoms with Crippen LogP contribution in [0.5, 0.6) is 0 Å². The van der Waals surface area contributed by atoms with E-state index in [1.807, 2.05) is 0 Å². The van der Waals surface area contributed by atoms with Crippen LogP contribution in [0.2, 0.25) is 0 Å². The minimum Gasteiger partial charge on any atom is -0.323 e. The molecule has 106 valence electrons. The van der Waals surface area contributed by atoms with Crippen LogP contribution in [0.4, 0.5) is 0 Å². The van der Waals surface area contributed by atoms with E-state index < -0.39 is 0 Å². The van der Waals surface area contributed by atoms with E-state index in [4.69, 9.17) is 5.73 Å². The second-order valence-corrected chi connectivity index (χ2v) is 5.47. The fourth-order valence-corrected chi connectivity index (χ4v) is 2.73. The molecular formula is C19H25N. The lowest BCUT2D eigenvalue weighted by atomic mass is 9.85. The van der Waals surface area contributed by atoms with Gasteiger partial charge >= 0.3 is 0 Å². The highest BCUT2D eigenvalue weighted by Crippen LogP contribution is 2.31. The Hall–Kier alpha value is -1.60. The SMILES string of the molecule is CCc1ccc(CC)c(C(N)C(C)c2ccccc2)c1. The summed E-state index contributed by atoms with van der Waals surface area (Å²) in [5.74, 6) is 0.327. The first-order valence-corrected chi connectivity index (χ1v) is 7.59. The van der Waals surface area contributed by atoms with E-state index in [1.165, 1.54) is 22.3 Å². The topological polar surface area (TPSA) is 26.0 Å². The van der Waals surface area contributed by atoms with Crippen molar-refractivity contribution in [3.63, 3.8) is 0 Å². The molecule has 0 fully saturated rings. The Labute approximate surface area is 122 Å². The van der Waals surface area contributed by atoms with E-state index in [9.17, 15) is 0 Å². The van der Waals surface area contributed by atoms with E-state index in [0.29, 0.717) is 5.92 Å². The van der Waals surface area contributed by atoms with Gasteiger partial charge in [-0.2, -0.15) is 0 Å².